The van der Waals surface area contributed by atoms with Crippen molar-refractivity contribution in [1.29, 1.82) is 0 Å². The maximum Gasteiger partial charge on any atom is 0.0587 e. The second-order valence-corrected chi connectivity index (χ2v) is 6.39. The molecule has 0 spiro atoms. The van der Waals surface area contributed by atoms with E-state index in [-0.39, 0.29) is 0 Å². The zero-order chi connectivity index (χ0) is 12.1. The highest BCUT2D eigenvalue weighted by Crippen LogP contribution is 2.47. The molecule has 0 aromatic carbocycles. The van der Waals surface area contributed by atoms with E-state index in [0.717, 1.165) is 25.6 Å². The van der Waals surface area contributed by atoms with Crippen molar-refractivity contribution in [2.45, 2.75) is 26.2 Å². The Hall–Kier alpha value is -0.380. The maximum absolute atomic E-state index is 5.08. The second kappa shape index (κ2) is 5.98. The number of thiophene rings is 1. The normalized spacial score (nSPS) is 19.2. The summed E-state index contributed by atoms with van der Waals surface area (Å²) in [6, 6.07) is 4.42. The van der Waals surface area contributed by atoms with E-state index in [9.17, 15) is 0 Å². The first kappa shape index (κ1) is 13.1. The third-order valence-electron chi connectivity index (χ3n) is 3.73. The van der Waals surface area contributed by atoms with E-state index in [1.807, 2.05) is 11.3 Å². The lowest BCUT2D eigenvalue weighted by molar-refractivity contribution is 0.187. The largest absolute Gasteiger partial charge is 0.383 e. The Balaban J connectivity index is 1.85. The molecular weight excluding hydrogens is 230 g/mol. The number of nitrogens with one attached hydrogen (secondary N) is 1. The number of hydrogen-bond acceptors (Lipinski definition) is 3. The first-order valence-electron chi connectivity index (χ1n) is 6.47. The van der Waals surface area contributed by atoms with Crippen LogP contribution in [0.3, 0.4) is 0 Å². The molecule has 0 radical (unpaired) electrons. The zero-order valence-electron chi connectivity index (χ0n) is 10.9. The highest BCUT2D eigenvalue weighted by atomic mass is 32.1. The van der Waals surface area contributed by atoms with Crippen molar-refractivity contribution in [2.75, 3.05) is 26.8 Å². The van der Waals surface area contributed by atoms with E-state index in [1.54, 1.807) is 7.11 Å². The van der Waals surface area contributed by atoms with Gasteiger partial charge in [0.15, 0.2) is 0 Å². The summed E-state index contributed by atoms with van der Waals surface area (Å²) < 4.78 is 5.08. The van der Waals surface area contributed by atoms with E-state index in [2.05, 4.69) is 29.8 Å². The molecule has 0 saturated heterocycles. The molecular formula is C14H23NOS. The van der Waals surface area contributed by atoms with E-state index in [0.29, 0.717) is 5.41 Å². The molecule has 0 bridgehead atoms. The van der Waals surface area contributed by atoms with Gasteiger partial charge in [-0.15, -0.1) is 11.3 Å². The van der Waals surface area contributed by atoms with Gasteiger partial charge in [-0.3, -0.25) is 0 Å². The highest BCUT2D eigenvalue weighted by Gasteiger charge is 2.41. The summed E-state index contributed by atoms with van der Waals surface area (Å²) in [5.41, 5.74) is 0.429. The lowest BCUT2D eigenvalue weighted by atomic mass is 9.81. The summed E-state index contributed by atoms with van der Waals surface area (Å²) in [6.07, 6.45) is 4.04. The first-order chi connectivity index (χ1) is 8.24. The SMILES string of the molecule is COCCNCC(C)(Cc1cccs1)C1CC1. The van der Waals surface area contributed by atoms with Crippen molar-refractivity contribution >= 4 is 11.3 Å². The fraction of sp³-hybridized carbons (Fsp3) is 0.714. The molecule has 1 fully saturated rings. The fourth-order valence-corrected chi connectivity index (χ4v) is 3.39. The van der Waals surface area contributed by atoms with Gasteiger partial charge in [0.2, 0.25) is 0 Å². The van der Waals surface area contributed by atoms with E-state index >= 15 is 0 Å². The molecule has 3 heteroatoms. The Bertz CT molecular complexity index is 321. The Morgan fingerprint density at radius 1 is 1.53 bits per heavy atom. The Labute approximate surface area is 108 Å². The molecule has 1 unspecified atom stereocenters. The standard InChI is InChI=1S/C14H23NOS/c1-14(12-5-6-12,11-15-7-8-16-2)10-13-4-3-9-17-13/h3-4,9,12,15H,5-8,10-11H2,1-2H3. The third-order valence-corrected chi connectivity index (χ3v) is 4.61. The molecule has 1 N–H and O–H groups in total. The van der Waals surface area contributed by atoms with Gasteiger partial charge in [0.25, 0.3) is 0 Å². The first-order valence-corrected chi connectivity index (χ1v) is 7.34. The topological polar surface area (TPSA) is 21.3 Å². The van der Waals surface area contributed by atoms with Crippen molar-refractivity contribution in [3.05, 3.63) is 22.4 Å². The van der Waals surface area contributed by atoms with Crippen LogP contribution in [0.5, 0.6) is 0 Å². The predicted octanol–water partition coefficient (Wildman–Crippen LogP) is 2.94. The summed E-state index contributed by atoms with van der Waals surface area (Å²) in [4.78, 5) is 1.52. The third kappa shape index (κ3) is 3.80. The van der Waals surface area contributed by atoms with Gasteiger partial charge in [-0.05, 0) is 42.0 Å². The molecule has 1 aromatic heterocycles. The van der Waals surface area contributed by atoms with E-state index in [1.165, 1.54) is 24.1 Å². The van der Waals surface area contributed by atoms with Gasteiger partial charge < -0.3 is 10.1 Å². The van der Waals surface area contributed by atoms with Gasteiger partial charge >= 0.3 is 0 Å². The summed E-state index contributed by atoms with van der Waals surface area (Å²) in [6.45, 7) is 5.31. The minimum atomic E-state index is 0.429. The minimum absolute atomic E-state index is 0.429. The molecule has 1 saturated carbocycles. The molecule has 2 nitrogen and oxygen atoms in total. The number of ether oxygens (including phenoxy) is 1. The van der Waals surface area contributed by atoms with Crippen LogP contribution in [0.1, 0.15) is 24.6 Å². The van der Waals surface area contributed by atoms with Gasteiger partial charge in [0.05, 0.1) is 6.61 Å². The van der Waals surface area contributed by atoms with Crippen molar-refractivity contribution in [3.8, 4) is 0 Å². The van der Waals surface area contributed by atoms with Gasteiger partial charge in [-0.25, -0.2) is 0 Å². The maximum atomic E-state index is 5.08. The number of methoxy groups -OCH3 is 1. The lowest BCUT2D eigenvalue weighted by Gasteiger charge is -2.30. The quantitative estimate of drug-likeness (QED) is 0.719. The molecule has 17 heavy (non-hydrogen) atoms. The van der Waals surface area contributed by atoms with Gasteiger partial charge in [0, 0.05) is 25.1 Å². The molecule has 1 aliphatic rings. The second-order valence-electron chi connectivity index (χ2n) is 5.35. The Kier molecular flexibility index (Phi) is 4.60. The summed E-state index contributed by atoms with van der Waals surface area (Å²) in [5.74, 6) is 0.916. The zero-order valence-corrected chi connectivity index (χ0v) is 11.7. The van der Waals surface area contributed by atoms with Crippen LogP contribution in [0.2, 0.25) is 0 Å². The van der Waals surface area contributed by atoms with Crippen LogP contribution >= 0.6 is 11.3 Å². The van der Waals surface area contributed by atoms with Gasteiger partial charge in [-0.1, -0.05) is 13.0 Å². The lowest BCUT2D eigenvalue weighted by Crippen LogP contribution is -2.36. The summed E-state index contributed by atoms with van der Waals surface area (Å²) in [5, 5.41) is 5.72. The average molecular weight is 253 g/mol. The van der Waals surface area contributed by atoms with Crippen LogP contribution in [0.15, 0.2) is 17.5 Å². The summed E-state index contributed by atoms with van der Waals surface area (Å²) in [7, 11) is 1.76. The van der Waals surface area contributed by atoms with Gasteiger partial charge in [0.1, 0.15) is 0 Å². The van der Waals surface area contributed by atoms with Gasteiger partial charge in [-0.2, -0.15) is 0 Å². The fourth-order valence-electron chi connectivity index (χ4n) is 2.49. The van der Waals surface area contributed by atoms with Crippen molar-refractivity contribution in [3.63, 3.8) is 0 Å². The highest BCUT2D eigenvalue weighted by molar-refractivity contribution is 7.09. The van der Waals surface area contributed by atoms with Crippen LogP contribution in [-0.2, 0) is 11.2 Å². The molecule has 1 aromatic rings. The smallest absolute Gasteiger partial charge is 0.0587 e. The molecule has 96 valence electrons. The predicted molar refractivity (Wildman–Crippen MR) is 73.6 cm³/mol. The van der Waals surface area contributed by atoms with Crippen LogP contribution in [0.4, 0.5) is 0 Å². The Morgan fingerprint density at radius 3 is 2.94 bits per heavy atom. The van der Waals surface area contributed by atoms with E-state index < -0.39 is 0 Å². The molecule has 0 aliphatic heterocycles. The molecule has 0 amide bonds. The molecule has 1 aliphatic carbocycles. The van der Waals surface area contributed by atoms with Crippen LogP contribution in [-0.4, -0.2) is 26.8 Å². The summed E-state index contributed by atoms with van der Waals surface area (Å²) >= 11 is 1.89. The Morgan fingerprint density at radius 2 is 2.35 bits per heavy atom. The number of hydrogen-bond donors (Lipinski definition) is 1. The van der Waals surface area contributed by atoms with E-state index in [4.69, 9.17) is 4.74 Å². The monoisotopic (exact) mass is 253 g/mol. The molecule has 1 heterocycles. The van der Waals surface area contributed by atoms with Crippen molar-refractivity contribution in [2.24, 2.45) is 11.3 Å². The van der Waals surface area contributed by atoms with Crippen LogP contribution in [0.25, 0.3) is 0 Å². The van der Waals surface area contributed by atoms with Crippen molar-refractivity contribution < 1.29 is 4.74 Å². The van der Waals surface area contributed by atoms with Crippen molar-refractivity contribution in [1.82, 2.24) is 5.32 Å². The number of rotatable bonds is 8. The molecule has 1 atom stereocenters. The minimum Gasteiger partial charge on any atom is -0.383 e. The average Bonchev–Trinajstić information content (AvgIpc) is 3.07. The van der Waals surface area contributed by atoms with Crippen LogP contribution in [0, 0.1) is 11.3 Å². The molecule has 2 rings (SSSR count). The van der Waals surface area contributed by atoms with Crippen LogP contribution < -0.4 is 5.32 Å².